The summed E-state index contributed by atoms with van der Waals surface area (Å²) in [7, 11) is 0.407. The third-order valence-electron chi connectivity index (χ3n) is 3.45. The van der Waals surface area contributed by atoms with Crippen molar-refractivity contribution >= 4 is 21.6 Å². The number of rotatable bonds is 4. The lowest BCUT2D eigenvalue weighted by atomic mass is 10.1. The summed E-state index contributed by atoms with van der Waals surface area (Å²) < 4.78 is 31.7. The molecule has 0 bridgehead atoms. The van der Waals surface area contributed by atoms with Crippen LogP contribution in [0.3, 0.4) is 0 Å². The first kappa shape index (κ1) is 14.8. The van der Waals surface area contributed by atoms with Gasteiger partial charge in [-0.25, -0.2) is 8.42 Å². The highest BCUT2D eigenvalue weighted by molar-refractivity contribution is 7.89. The molecule has 1 unspecified atom stereocenters. The molecule has 0 amide bonds. The van der Waals surface area contributed by atoms with E-state index in [1.807, 2.05) is 14.1 Å². The molecule has 19 heavy (non-hydrogen) atoms. The van der Waals surface area contributed by atoms with E-state index in [4.69, 9.17) is 16.0 Å². The third-order valence-corrected chi connectivity index (χ3v) is 5.46. The van der Waals surface area contributed by atoms with Gasteiger partial charge in [0, 0.05) is 19.1 Å². The van der Waals surface area contributed by atoms with Crippen LogP contribution in [0.15, 0.2) is 21.6 Å². The van der Waals surface area contributed by atoms with E-state index in [1.54, 1.807) is 6.07 Å². The van der Waals surface area contributed by atoms with Crippen molar-refractivity contribution in [1.82, 2.24) is 9.21 Å². The number of alkyl halides is 1. The standard InChI is InChI=1S/C12H19ClN2O3S/c1-14(2)10-4-3-7-15(9-10)19(16,17)12-6-5-11(8-13)18-12/h5-6,10H,3-4,7-9H2,1-2H3. The van der Waals surface area contributed by atoms with Crippen molar-refractivity contribution in [3.63, 3.8) is 0 Å². The van der Waals surface area contributed by atoms with Gasteiger partial charge in [0.2, 0.25) is 5.09 Å². The second-order valence-electron chi connectivity index (χ2n) is 4.98. The fourth-order valence-electron chi connectivity index (χ4n) is 2.26. The van der Waals surface area contributed by atoms with Crippen LogP contribution >= 0.6 is 11.6 Å². The van der Waals surface area contributed by atoms with Gasteiger partial charge in [0.05, 0.1) is 5.88 Å². The van der Waals surface area contributed by atoms with Crippen molar-refractivity contribution in [2.75, 3.05) is 27.2 Å². The minimum Gasteiger partial charge on any atom is -0.447 e. The van der Waals surface area contributed by atoms with Gasteiger partial charge in [-0.05, 0) is 39.1 Å². The van der Waals surface area contributed by atoms with Crippen LogP contribution < -0.4 is 0 Å². The molecule has 2 heterocycles. The summed E-state index contributed by atoms with van der Waals surface area (Å²) in [6, 6.07) is 3.34. The SMILES string of the molecule is CN(C)C1CCCN(S(=O)(=O)c2ccc(CCl)o2)C1. The fourth-order valence-corrected chi connectivity index (χ4v) is 3.84. The Balaban J connectivity index is 2.19. The van der Waals surface area contributed by atoms with Crippen LogP contribution in [-0.4, -0.2) is 50.8 Å². The van der Waals surface area contributed by atoms with Crippen LogP contribution in [0.2, 0.25) is 0 Å². The molecule has 1 aromatic rings. The largest absolute Gasteiger partial charge is 0.447 e. The van der Waals surface area contributed by atoms with Crippen molar-refractivity contribution in [2.24, 2.45) is 0 Å². The molecule has 0 N–H and O–H groups in total. The molecule has 108 valence electrons. The van der Waals surface area contributed by atoms with Crippen molar-refractivity contribution in [2.45, 2.75) is 29.9 Å². The summed E-state index contributed by atoms with van der Waals surface area (Å²) >= 11 is 5.63. The number of furan rings is 1. The van der Waals surface area contributed by atoms with E-state index in [2.05, 4.69) is 4.90 Å². The molecule has 1 aromatic heterocycles. The Kier molecular flexibility index (Phi) is 4.55. The van der Waals surface area contributed by atoms with Gasteiger partial charge in [0.15, 0.2) is 0 Å². The molecule has 0 spiro atoms. The lowest BCUT2D eigenvalue weighted by Crippen LogP contribution is -2.47. The molecule has 0 aromatic carbocycles. The number of sulfonamides is 1. The molecule has 0 aliphatic carbocycles. The molecular weight excluding hydrogens is 288 g/mol. The Morgan fingerprint density at radius 1 is 1.47 bits per heavy atom. The second-order valence-corrected chi connectivity index (χ2v) is 7.11. The Labute approximate surface area is 119 Å². The second kappa shape index (κ2) is 5.83. The van der Waals surface area contributed by atoms with E-state index < -0.39 is 10.0 Å². The highest BCUT2D eigenvalue weighted by Crippen LogP contribution is 2.24. The quantitative estimate of drug-likeness (QED) is 0.795. The van der Waals surface area contributed by atoms with E-state index in [0.29, 0.717) is 18.8 Å². The minimum absolute atomic E-state index is 0.0115. The number of halogens is 1. The lowest BCUT2D eigenvalue weighted by molar-refractivity contribution is 0.188. The van der Waals surface area contributed by atoms with Gasteiger partial charge in [-0.2, -0.15) is 4.31 Å². The molecule has 0 radical (unpaired) electrons. The zero-order chi connectivity index (χ0) is 14.0. The Bertz CT molecular complexity index is 527. The summed E-state index contributed by atoms with van der Waals surface area (Å²) in [5.74, 6) is 0.650. The van der Waals surface area contributed by atoms with Crippen molar-refractivity contribution < 1.29 is 12.8 Å². The Morgan fingerprint density at radius 3 is 2.79 bits per heavy atom. The van der Waals surface area contributed by atoms with E-state index in [9.17, 15) is 8.42 Å². The third kappa shape index (κ3) is 3.13. The number of likely N-dealkylation sites (N-methyl/N-ethyl adjacent to an activating group) is 1. The van der Waals surface area contributed by atoms with Crippen LogP contribution in [0.4, 0.5) is 0 Å². The molecule has 1 aliphatic heterocycles. The summed E-state index contributed by atoms with van der Waals surface area (Å²) in [6.45, 7) is 1.05. The number of hydrogen-bond donors (Lipinski definition) is 0. The normalized spacial score (nSPS) is 22.0. The van der Waals surface area contributed by atoms with E-state index in [0.717, 1.165) is 12.8 Å². The van der Waals surface area contributed by atoms with Gasteiger partial charge in [-0.1, -0.05) is 0 Å². The fraction of sp³-hybridized carbons (Fsp3) is 0.667. The van der Waals surface area contributed by atoms with E-state index >= 15 is 0 Å². The van der Waals surface area contributed by atoms with Crippen molar-refractivity contribution in [1.29, 1.82) is 0 Å². The maximum Gasteiger partial charge on any atom is 0.276 e. The van der Waals surface area contributed by atoms with Gasteiger partial charge in [0.25, 0.3) is 10.0 Å². The van der Waals surface area contributed by atoms with Crippen LogP contribution in [0.1, 0.15) is 18.6 Å². The number of hydrogen-bond acceptors (Lipinski definition) is 4. The van der Waals surface area contributed by atoms with Crippen LogP contribution in [-0.2, 0) is 15.9 Å². The topological polar surface area (TPSA) is 53.8 Å². The first-order valence-corrected chi connectivity index (χ1v) is 8.24. The molecule has 0 saturated carbocycles. The summed E-state index contributed by atoms with van der Waals surface area (Å²) in [5.41, 5.74) is 0. The van der Waals surface area contributed by atoms with E-state index in [-0.39, 0.29) is 17.0 Å². The molecule has 2 rings (SSSR count). The smallest absolute Gasteiger partial charge is 0.276 e. The molecule has 1 fully saturated rings. The van der Waals surface area contributed by atoms with Gasteiger partial charge >= 0.3 is 0 Å². The van der Waals surface area contributed by atoms with Crippen molar-refractivity contribution in [3.05, 3.63) is 17.9 Å². The van der Waals surface area contributed by atoms with Gasteiger partial charge < -0.3 is 9.32 Å². The Hall–Kier alpha value is -0.560. The number of nitrogens with zero attached hydrogens (tertiary/aromatic N) is 2. The average Bonchev–Trinajstić information content (AvgIpc) is 2.88. The van der Waals surface area contributed by atoms with E-state index in [1.165, 1.54) is 10.4 Å². The molecular formula is C12H19ClN2O3S. The lowest BCUT2D eigenvalue weighted by Gasteiger charge is -2.34. The monoisotopic (exact) mass is 306 g/mol. The molecule has 7 heteroatoms. The zero-order valence-electron chi connectivity index (χ0n) is 11.2. The highest BCUT2D eigenvalue weighted by atomic mass is 35.5. The predicted octanol–water partition coefficient (Wildman–Crippen LogP) is 1.73. The molecule has 1 aliphatic rings. The maximum atomic E-state index is 12.5. The van der Waals surface area contributed by atoms with Crippen LogP contribution in [0.25, 0.3) is 0 Å². The molecule has 5 nitrogen and oxygen atoms in total. The maximum absolute atomic E-state index is 12.5. The van der Waals surface area contributed by atoms with Crippen LogP contribution in [0, 0.1) is 0 Å². The number of piperidine rings is 1. The summed E-state index contributed by atoms with van der Waals surface area (Å²) in [4.78, 5) is 2.06. The molecule has 1 saturated heterocycles. The summed E-state index contributed by atoms with van der Waals surface area (Å²) in [6.07, 6.45) is 1.88. The van der Waals surface area contributed by atoms with Crippen molar-refractivity contribution in [3.8, 4) is 0 Å². The van der Waals surface area contributed by atoms with Gasteiger partial charge in [-0.15, -0.1) is 11.6 Å². The first-order chi connectivity index (χ1) is 8.95. The minimum atomic E-state index is -3.54. The van der Waals surface area contributed by atoms with Crippen LogP contribution in [0.5, 0.6) is 0 Å². The van der Waals surface area contributed by atoms with Gasteiger partial charge in [-0.3, -0.25) is 0 Å². The van der Waals surface area contributed by atoms with Gasteiger partial charge in [0.1, 0.15) is 5.76 Å². The first-order valence-electron chi connectivity index (χ1n) is 6.26. The average molecular weight is 307 g/mol. The summed E-state index contributed by atoms with van der Waals surface area (Å²) in [5, 5.41) is -0.0115. The Morgan fingerprint density at radius 2 is 2.21 bits per heavy atom. The zero-order valence-corrected chi connectivity index (χ0v) is 12.7. The molecule has 1 atom stereocenters. The highest BCUT2D eigenvalue weighted by Gasteiger charge is 2.32. The predicted molar refractivity (Wildman–Crippen MR) is 73.7 cm³/mol.